The van der Waals surface area contributed by atoms with E-state index in [-0.39, 0.29) is 18.5 Å². The number of carbonyl (C=O) groups is 1. The summed E-state index contributed by atoms with van der Waals surface area (Å²) in [5, 5.41) is 7.67. The van der Waals surface area contributed by atoms with Crippen LogP contribution in [0.15, 0.2) is 48.5 Å². The number of rotatable bonds is 9. The van der Waals surface area contributed by atoms with Gasteiger partial charge in [-0.25, -0.2) is 9.67 Å². The molecule has 1 amide bonds. The number of methoxy groups -OCH3 is 1. The van der Waals surface area contributed by atoms with Crippen molar-refractivity contribution < 1.29 is 14.3 Å². The Kier molecular flexibility index (Phi) is 7.58. The van der Waals surface area contributed by atoms with Crippen LogP contribution in [0.5, 0.6) is 5.75 Å². The first-order valence-corrected chi connectivity index (χ1v) is 13.2. The van der Waals surface area contributed by atoms with Crippen molar-refractivity contribution in [1.82, 2.24) is 25.0 Å². The smallest absolute Gasteiger partial charge is 0.242 e. The third-order valence-electron chi connectivity index (χ3n) is 7.29. The standard InChI is InChI=1S/C29H37N5O3/c1-19(2)30-27(35)16-33-29(23-6-5-7-26(15-23)36-4)31-28(32-33)22-10-8-21(9-11-22)14-20(3)34-24-12-13-25(34)18-37-17-24/h5-11,15,19-20,24-25H,12-14,16-18H2,1-4H3,(H,30,35). The zero-order valence-electron chi connectivity index (χ0n) is 22.2. The number of morpholine rings is 1. The van der Waals surface area contributed by atoms with Gasteiger partial charge in [-0.05, 0) is 57.7 Å². The van der Waals surface area contributed by atoms with Crippen molar-refractivity contribution in [2.24, 2.45) is 0 Å². The molecule has 3 atom stereocenters. The van der Waals surface area contributed by atoms with Gasteiger partial charge in [0.2, 0.25) is 5.91 Å². The molecule has 1 aromatic heterocycles. The Bertz CT molecular complexity index is 1210. The fourth-order valence-electron chi connectivity index (χ4n) is 5.67. The van der Waals surface area contributed by atoms with Crippen LogP contribution in [0.1, 0.15) is 39.2 Å². The maximum atomic E-state index is 12.6. The largest absolute Gasteiger partial charge is 0.497 e. The molecule has 3 aromatic rings. The van der Waals surface area contributed by atoms with E-state index in [0.29, 0.717) is 29.8 Å². The maximum Gasteiger partial charge on any atom is 0.242 e. The van der Waals surface area contributed by atoms with Gasteiger partial charge < -0.3 is 14.8 Å². The number of amides is 1. The lowest BCUT2D eigenvalue weighted by atomic mass is 10.0. The summed E-state index contributed by atoms with van der Waals surface area (Å²) in [7, 11) is 1.64. The van der Waals surface area contributed by atoms with Gasteiger partial charge in [-0.1, -0.05) is 36.4 Å². The number of nitrogens with zero attached hydrogens (tertiary/aromatic N) is 4. The fourth-order valence-corrected chi connectivity index (χ4v) is 5.67. The summed E-state index contributed by atoms with van der Waals surface area (Å²) < 4.78 is 12.8. The predicted molar refractivity (Wildman–Crippen MR) is 143 cm³/mol. The number of carbonyl (C=O) groups excluding carboxylic acids is 1. The number of nitrogens with one attached hydrogen (secondary N) is 1. The highest BCUT2D eigenvalue weighted by Crippen LogP contribution is 2.32. The van der Waals surface area contributed by atoms with Gasteiger partial charge in [0.25, 0.3) is 0 Å². The van der Waals surface area contributed by atoms with Crippen molar-refractivity contribution in [3.63, 3.8) is 0 Å². The first-order chi connectivity index (χ1) is 17.9. The Morgan fingerprint density at radius 1 is 1.08 bits per heavy atom. The van der Waals surface area contributed by atoms with Gasteiger partial charge in [-0.15, -0.1) is 5.10 Å². The van der Waals surface area contributed by atoms with E-state index in [1.54, 1.807) is 11.8 Å². The third kappa shape index (κ3) is 5.70. The summed E-state index contributed by atoms with van der Waals surface area (Å²) >= 11 is 0. The number of hydrogen-bond acceptors (Lipinski definition) is 6. The van der Waals surface area contributed by atoms with E-state index in [2.05, 4.69) is 41.4 Å². The second-order valence-corrected chi connectivity index (χ2v) is 10.5. The molecule has 3 heterocycles. The van der Waals surface area contributed by atoms with Crippen molar-refractivity contribution in [2.45, 2.75) is 70.7 Å². The molecule has 2 aliphatic rings. The highest BCUT2D eigenvalue weighted by molar-refractivity contribution is 5.77. The van der Waals surface area contributed by atoms with Crippen molar-refractivity contribution >= 4 is 5.91 Å². The Morgan fingerprint density at radius 2 is 1.81 bits per heavy atom. The van der Waals surface area contributed by atoms with Crippen LogP contribution in [-0.4, -0.2) is 70.1 Å². The molecule has 5 rings (SSSR count). The minimum Gasteiger partial charge on any atom is -0.497 e. The zero-order valence-corrected chi connectivity index (χ0v) is 22.2. The Labute approximate surface area is 219 Å². The van der Waals surface area contributed by atoms with Gasteiger partial charge in [0.15, 0.2) is 11.6 Å². The minimum absolute atomic E-state index is 0.0540. The molecule has 8 nitrogen and oxygen atoms in total. The molecule has 37 heavy (non-hydrogen) atoms. The monoisotopic (exact) mass is 503 g/mol. The lowest BCUT2D eigenvalue weighted by molar-refractivity contribution is -0.122. The van der Waals surface area contributed by atoms with E-state index in [1.165, 1.54) is 18.4 Å². The highest BCUT2D eigenvalue weighted by Gasteiger charge is 2.39. The number of ether oxygens (including phenoxy) is 2. The summed E-state index contributed by atoms with van der Waals surface area (Å²) in [6, 6.07) is 17.8. The molecular weight excluding hydrogens is 466 g/mol. The number of hydrogen-bond donors (Lipinski definition) is 1. The van der Waals surface area contributed by atoms with E-state index in [9.17, 15) is 4.79 Å². The normalized spacial score (nSPS) is 20.2. The van der Waals surface area contributed by atoms with E-state index < -0.39 is 0 Å². The predicted octanol–water partition coefficient (Wildman–Crippen LogP) is 3.94. The maximum absolute atomic E-state index is 12.6. The van der Waals surface area contributed by atoms with Crippen LogP contribution in [0.4, 0.5) is 0 Å². The van der Waals surface area contributed by atoms with Gasteiger partial charge in [0.05, 0.1) is 20.3 Å². The molecule has 0 saturated carbocycles. The molecular formula is C29H37N5O3. The van der Waals surface area contributed by atoms with E-state index in [4.69, 9.17) is 19.6 Å². The van der Waals surface area contributed by atoms with Crippen LogP contribution in [-0.2, 0) is 22.5 Å². The van der Waals surface area contributed by atoms with Crippen molar-refractivity contribution in [2.75, 3.05) is 20.3 Å². The van der Waals surface area contributed by atoms with Gasteiger partial charge in [0, 0.05) is 35.3 Å². The molecule has 3 unspecified atom stereocenters. The van der Waals surface area contributed by atoms with E-state index >= 15 is 0 Å². The molecule has 0 radical (unpaired) electrons. The summed E-state index contributed by atoms with van der Waals surface area (Å²) in [5.41, 5.74) is 3.07. The summed E-state index contributed by atoms with van der Waals surface area (Å²) in [6.07, 6.45) is 3.49. The zero-order chi connectivity index (χ0) is 25.9. The summed E-state index contributed by atoms with van der Waals surface area (Å²) in [4.78, 5) is 20.1. The molecule has 1 N–H and O–H groups in total. The van der Waals surface area contributed by atoms with Gasteiger partial charge >= 0.3 is 0 Å². The average molecular weight is 504 g/mol. The van der Waals surface area contributed by atoms with Crippen LogP contribution in [0.2, 0.25) is 0 Å². The van der Waals surface area contributed by atoms with Crippen LogP contribution < -0.4 is 10.1 Å². The molecule has 0 aliphatic carbocycles. The summed E-state index contributed by atoms with van der Waals surface area (Å²) in [6.45, 7) is 8.03. The van der Waals surface area contributed by atoms with Gasteiger partial charge in [0.1, 0.15) is 12.3 Å². The van der Waals surface area contributed by atoms with Crippen molar-refractivity contribution in [3.05, 3.63) is 54.1 Å². The Morgan fingerprint density at radius 3 is 2.49 bits per heavy atom. The minimum atomic E-state index is -0.1000. The van der Waals surface area contributed by atoms with Crippen LogP contribution in [0.25, 0.3) is 22.8 Å². The molecule has 2 fully saturated rings. The first-order valence-electron chi connectivity index (χ1n) is 13.2. The molecule has 196 valence electrons. The topological polar surface area (TPSA) is 81.5 Å². The Hall–Kier alpha value is -3.23. The molecule has 8 heteroatoms. The first kappa shape index (κ1) is 25.4. The van der Waals surface area contributed by atoms with Crippen LogP contribution in [0.3, 0.4) is 0 Å². The highest BCUT2D eigenvalue weighted by atomic mass is 16.5. The van der Waals surface area contributed by atoms with E-state index in [0.717, 1.165) is 36.5 Å². The average Bonchev–Trinajstić information content (AvgIpc) is 3.41. The van der Waals surface area contributed by atoms with Crippen LogP contribution in [0, 0.1) is 0 Å². The van der Waals surface area contributed by atoms with Gasteiger partial charge in [-0.3, -0.25) is 9.69 Å². The molecule has 2 aliphatic heterocycles. The quantitative estimate of drug-likeness (QED) is 0.476. The number of benzene rings is 2. The molecule has 2 saturated heterocycles. The number of aromatic nitrogens is 3. The lowest BCUT2D eigenvalue weighted by Crippen LogP contribution is -2.50. The number of fused-ring (bicyclic) bond motifs is 2. The fraction of sp³-hybridized carbons (Fsp3) is 0.483. The Balaban J connectivity index is 1.37. The second kappa shape index (κ2) is 11.0. The summed E-state index contributed by atoms with van der Waals surface area (Å²) in [5.74, 6) is 1.86. The SMILES string of the molecule is COc1cccc(-c2nc(-c3ccc(CC(C)N4C5CCC4COC5)cc3)nn2CC(=O)NC(C)C)c1. The van der Waals surface area contributed by atoms with Crippen LogP contribution >= 0.6 is 0 Å². The van der Waals surface area contributed by atoms with Crippen molar-refractivity contribution in [3.8, 4) is 28.5 Å². The van der Waals surface area contributed by atoms with Gasteiger partial charge in [-0.2, -0.15) is 0 Å². The van der Waals surface area contributed by atoms with Crippen molar-refractivity contribution in [1.29, 1.82) is 0 Å². The molecule has 0 spiro atoms. The third-order valence-corrected chi connectivity index (χ3v) is 7.29. The second-order valence-electron chi connectivity index (χ2n) is 10.5. The lowest BCUT2D eigenvalue weighted by Gasteiger charge is -2.39. The molecule has 2 bridgehead atoms. The molecule has 2 aromatic carbocycles. The van der Waals surface area contributed by atoms with E-state index in [1.807, 2.05) is 38.1 Å².